The molecule has 0 aliphatic carbocycles. The summed E-state index contributed by atoms with van der Waals surface area (Å²) in [5.41, 5.74) is 0. The number of phosphoric ester groups is 2. The van der Waals surface area contributed by atoms with E-state index in [0.717, 1.165) is 38.5 Å². The fourth-order valence-corrected chi connectivity index (χ4v) is 6.67. The minimum absolute atomic E-state index is 0.0365. The number of esters is 2. The van der Waals surface area contributed by atoms with Gasteiger partial charge < -0.3 is 34.4 Å². The predicted octanol–water partition coefficient (Wildman–Crippen LogP) is 11.1. The zero-order valence-corrected chi connectivity index (χ0v) is 40.2. The zero-order chi connectivity index (χ0) is 47.4. The molecule has 5 N–H and O–H groups in total. The molecule has 0 radical (unpaired) electrons. The molecule has 14 nitrogen and oxygen atoms in total. The van der Waals surface area contributed by atoms with E-state index < -0.39 is 72.3 Å². The quantitative estimate of drug-likeness (QED) is 0.0127. The third kappa shape index (κ3) is 45.6. The van der Waals surface area contributed by atoms with Crippen LogP contribution >= 0.6 is 15.6 Å². The minimum atomic E-state index is -4.90. The van der Waals surface area contributed by atoms with Crippen molar-refractivity contribution >= 4 is 27.6 Å². The van der Waals surface area contributed by atoms with Crippen molar-refractivity contribution in [3.63, 3.8) is 0 Å². The molecule has 4 atom stereocenters. The van der Waals surface area contributed by atoms with Crippen LogP contribution in [0.3, 0.4) is 0 Å². The smallest absolute Gasteiger partial charge is 0.462 e. The Morgan fingerprint density at radius 1 is 0.516 bits per heavy atom. The summed E-state index contributed by atoms with van der Waals surface area (Å²) < 4.78 is 47.6. The highest BCUT2D eigenvalue weighted by Crippen LogP contribution is 2.43. The Morgan fingerprint density at radius 3 is 1.59 bits per heavy atom. The second kappa shape index (κ2) is 42.6. The Balaban J connectivity index is 4.80. The first kappa shape index (κ1) is 61.0. The van der Waals surface area contributed by atoms with Crippen molar-refractivity contribution in [2.75, 3.05) is 26.4 Å². The standard InChI is InChI=1S/C48H80O14P2/c1-3-5-7-9-11-13-15-17-18-19-20-21-22-24-26-28-30-32-34-38-48(52)62-46(43-61-64(56,57)60-41-45(50)40-59-63(53,54)55)42-58-47(51)39-35-37-44(49)36-33-31-29-27-25-23-16-14-12-10-8-6-4-2/h11,13,17-18,20-21,23-26,29-33,36,44-46,49-50H,3-10,12,14-16,19,22,27-28,34-35,37-43H2,1-2H3,(H,56,57)(H2,53,54,55)/b13-11-,18-17-,21-20-,25-23+,26-24-,31-29+,32-30-,36-33+/t44?,45-,46+/m0/s1. The van der Waals surface area contributed by atoms with Crippen molar-refractivity contribution in [1.29, 1.82) is 0 Å². The number of rotatable bonds is 42. The molecule has 0 amide bonds. The largest absolute Gasteiger partial charge is 0.472 e. The van der Waals surface area contributed by atoms with E-state index in [2.05, 4.69) is 77.6 Å². The lowest BCUT2D eigenvalue weighted by Crippen LogP contribution is -2.30. The van der Waals surface area contributed by atoms with E-state index in [0.29, 0.717) is 25.7 Å². The number of carbonyl (C=O) groups is 2. The molecular formula is C48H80O14P2. The molecular weight excluding hydrogens is 862 g/mol. The molecule has 64 heavy (non-hydrogen) atoms. The number of hydrogen-bond donors (Lipinski definition) is 5. The van der Waals surface area contributed by atoms with E-state index in [1.165, 1.54) is 57.8 Å². The van der Waals surface area contributed by atoms with Gasteiger partial charge in [-0.15, -0.1) is 0 Å². The molecule has 0 spiro atoms. The van der Waals surface area contributed by atoms with Crippen molar-refractivity contribution in [2.24, 2.45) is 0 Å². The molecule has 0 aromatic heterocycles. The van der Waals surface area contributed by atoms with Crippen molar-refractivity contribution in [2.45, 2.75) is 167 Å². The maximum absolute atomic E-state index is 12.7. The van der Waals surface area contributed by atoms with Gasteiger partial charge in [0.05, 0.1) is 25.9 Å². The molecule has 0 saturated heterocycles. The van der Waals surface area contributed by atoms with E-state index in [1.807, 2.05) is 30.4 Å². The Morgan fingerprint density at radius 2 is 1.00 bits per heavy atom. The predicted molar refractivity (Wildman–Crippen MR) is 254 cm³/mol. The number of hydrogen-bond acceptors (Lipinski definition) is 11. The second-order valence-corrected chi connectivity index (χ2v) is 17.9. The zero-order valence-electron chi connectivity index (χ0n) is 38.5. The highest BCUT2D eigenvalue weighted by atomic mass is 31.2. The van der Waals surface area contributed by atoms with Crippen LogP contribution in [0.15, 0.2) is 97.2 Å². The van der Waals surface area contributed by atoms with Gasteiger partial charge in [-0.3, -0.25) is 23.2 Å². The second-order valence-electron chi connectivity index (χ2n) is 15.2. The molecule has 0 bridgehead atoms. The average Bonchev–Trinajstić information content (AvgIpc) is 3.25. The topological polar surface area (TPSA) is 216 Å². The van der Waals surface area contributed by atoms with Gasteiger partial charge >= 0.3 is 27.6 Å². The van der Waals surface area contributed by atoms with Gasteiger partial charge in [-0.2, -0.15) is 0 Å². The SMILES string of the molecule is CCCCC/C=C\C/C=C\C/C=C\C/C=C\C/C=C\CCC(=O)O[C@H](COC(=O)CCCC(O)/C=C/C=C/C/C=C/CCCCCCCC)COP(=O)(O)OC[C@@H](O)COP(=O)(O)O. The van der Waals surface area contributed by atoms with Crippen LogP contribution in [-0.4, -0.2) is 81.6 Å². The Labute approximate surface area is 383 Å². The Bertz CT molecular complexity index is 1510. The molecule has 16 heteroatoms. The maximum Gasteiger partial charge on any atom is 0.472 e. The van der Waals surface area contributed by atoms with Crippen molar-refractivity contribution in [3.8, 4) is 0 Å². The molecule has 366 valence electrons. The highest BCUT2D eigenvalue weighted by molar-refractivity contribution is 7.47. The highest BCUT2D eigenvalue weighted by Gasteiger charge is 2.28. The van der Waals surface area contributed by atoms with Crippen molar-refractivity contribution in [1.82, 2.24) is 0 Å². The van der Waals surface area contributed by atoms with Gasteiger partial charge in [0.25, 0.3) is 0 Å². The van der Waals surface area contributed by atoms with Gasteiger partial charge in [0, 0.05) is 12.8 Å². The molecule has 2 unspecified atom stereocenters. The van der Waals surface area contributed by atoms with Gasteiger partial charge in [0.2, 0.25) is 0 Å². The molecule has 0 fully saturated rings. The molecule has 0 aromatic carbocycles. The lowest BCUT2D eigenvalue weighted by Gasteiger charge is -2.20. The van der Waals surface area contributed by atoms with Gasteiger partial charge in [0.1, 0.15) is 12.7 Å². The lowest BCUT2D eigenvalue weighted by atomic mass is 10.1. The summed E-state index contributed by atoms with van der Waals surface area (Å²) in [6, 6.07) is 0. The Kier molecular flexibility index (Phi) is 40.6. The van der Waals surface area contributed by atoms with Crippen LogP contribution < -0.4 is 0 Å². The van der Waals surface area contributed by atoms with Crippen molar-refractivity contribution in [3.05, 3.63) is 97.2 Å². The molecule has 0 rings (SSSR count). The van der Waals surface area contributed by atoms with Gasteiger partial charge in [0.15, 0.2) is 6.10 Å². The first-order chi connectivity index (χ1) is 30.8. The molecule has 0 heterocycles. The van der Waals surface area contributed by atoms with E-state index in [1.54, 1.807) is 12.2 Å². The van der Waals surface area contributed by atoms with Crippen LogP contribution in [0, 0.1) is 0 Å². The van der Waals surface area contributed by atoms with E-state index in [4.69, 9.17) is 23.8 Å². The Hall–Kier alpha value is -3.00. The first-order valence-electron chi connectivity index (χ1n) is 23.0. The normalized spacial score (nSPS) is 15.3. The number of phosphoric acid groups is 2. The van der Waals surface area contributed by atoms with E-state index >= 15 is 0 Å². The minimum Gasteiger partial charge on any atom is -0.462 e. The molecule has 0 aromatic rings. The van der Waals surface area contributed by atoms with Crippen LogP contribution in [0.4, 0.5) is 0 Å². The molecule has 0 aliphatic rings. The van der Waals surface area contributed by atoms with E-state index in [-0.39, 0.29) is 12.8 Å². The van der Waals surface area contributed by atoms with Crippen LogP contribution in [0.2, 0.25) is 0 Å². The summed E-state index contributed by atoms with van der Waals surface area (Å²) in [6.45, 7) is 1.42. The summed E-state index contributed by atoms with van der Waals surface area (Å²) >= 11 is 0. The summed E-state index contributed by atoms with van der Waals surface area (Å²) in [6.07, 6.45) is 47.3. The molecule has 0 saturated carbocycles. The monoisotopic (exact) mass is 943 g/mol. The van der Waals surface area contributed by atoms with Gasteiger partial charge in [-0.1, -0.05) is 156 Å². The van der Waals surface area contributed by atoms with Gasteiger partial charge in [-0.25, -0.2) is 9.13 Å². The van der Waals surface area contributed by atoms with Crippen LogP contribution in [0.1, 0.15) is 149 Å². The summed E-state index contributed by atoms with van der Waals surface area (Å²) in [5.74, 6) is -1.33. The third-order valence-electron chi connectivity index (χ3n) is 9.05. The van der Waals surface area contributed by atoms with Crippen molar-refractivity contribution < 1.29 is 66.7 Å². The van der Waals surface area contributed by atoms with Gasteiger partial charge in [-0.05, 0) is 77.0 Å². The third-order valence-corrected chi connectivity index (χ3v) is 10.5. The average molecular weight is 943 g/mol. The number of unbranched alkanes of at least 4 members (excludes halogenated alkanes) is 9. The summed E-state index contributed by atoms with van der Waals surface area (Å²) in [4.78, 5) is 52.7. The van der Waals surface area contributed by atoms with E-state index in [9.17, 15) is 33.8 Å². The lowest BCUT2D eigenvalue weighted by molar-refractivity contribution is -0.161. The maximum atomic E-state index is 12.7. The summed E-state index contributed by atoms with van der Waals surface area (Å²) in [5, 5.41) is 20.0. The number of ether oxygens (including phenoxy) is 2. The van der Waals surface area contributed by atoms with Crippen LogP contribution in [0.25, 0.3) is 0 Å². The molecule has 0 aliphatic heterocycles. The number of aliphatic hydroxyl groups excluding tert-OH is 2. The van der Waals surface area contributed by atoms with Crippen LogP contribution in [-0.2, 0) is 41.8 Å². The number of carbonyl (C=O) groups excluding carboxylic acids is 2. The fourth-order valence-electron chi connectivity index (χ4n) is 5.51. The first-order valence-corrected chi connectivity index (χ1v) is 26.1. The number of allylic oxidation sites excluding steroid dienone is 15. The fraction of sp³-hybridized carbons (Fsp3) is 0.625. The summed E-state index contributed by atoms with van der Waals surface area (Å²) in [7, 11) is -9.77. The number of aliphatic hydroxyl groups is 2. The van der Waals surface area contributed by atoms with Crippen LogP contribution in [0.5, 0.6) is 0 Å².